The highest BCUT2D eigenvalue weighted by atomic mass is 79.9. The topological polar surface area (TPSA) is 89.0 Å². The molecule has 0 aliphatic rings. The maximum Gasteiger partial charge on any atom is 0.262 e. The zero-order valence-corrected chi connectivity index (χ0v) is 20.6. The zero-order valence-electron chi connectivity index (χ0n) is 19.0. The SMILES string of the molecule is CCOc1cc(/C=N/NC(=O)C(NC(=O)c2ccccc2)C(C)C)cc(Br)c1OC(C)C. The Balaban J connectivity index is 2.10. The molecule has 0 saturated heterocycles. The molecule has 0 heterocycles. The van der Waals surface area contributed by atoms with Crippen LogP contribution < -0.4 is 20.2 Å². The Bertz CT molecular complexity index is 946. The number of hydrogen-bond acceptors (Lipinski definition) is 5. The average molecular weight is 504 g/mol. The average Bonchev–Trinajstić information content (AvgIpc) is 2.74. The number of amides is 2. The molecular weight excluding hydrogens is 474 g/mol. The Kier molecular flexibility index (Phi) is 9.71. The maximum absolute atomic E-state index is 12.7. The van der Waals surface area contributed by atoms with E-state index in [9.17, 15) is 9.59 Å². The molecule has 1 atom stereocenters. The van der Waals surface area contributed by atoms with E-state index in [1.54, 1.807) is 30.3 Å². The number of halogens is 1. The summed E-state index contributed by atoms with van der Waals surface area (Å²) in [6.45, 7) is 9.97. The summed E-state index contributed by atoms with van der Waals surface area (Å²) in [5.74, 6) is 0.368. The van der Waals surface area contributed by atoms with E-state index in [2.05, 4.69) is 31.8 Å². The minimum Gasteiger partial charge on any atom is -0.490 e. The fourth-order valence-electron chi connectivity index (χ4n) is 2.86. The van der Waals surface area contributed by atoms with Gasteiger partial charge in [-0.2, -0.15) is 5.10 Å². The lowest BCUT2D eigenvalue weighted by Crippen LogP contribution is -2.48. The Morgan fingerprint density at radius 1 is 1.12 bits per heavy atom. The number of carbonyl (C=O) groups excluding carboxylic acids is 2. The van der Waals surface area contributed by atoms with Crippen LogP contribution in [0.15, 0.2) is 52.0 Å². The smallest absolute Gasteiger partial charge is 0.262 e. The van der Waals surface area contributed by atoms with Gasteiger partial charge >= 0.3 is 0 Å². The van der Waals surface area contributed by atoms with Crippen molar-refractivity contribution < 1.29 is 19.1 Å². The fraction of sp³-hybridized carbons (Fsp3) is 0.375. The summed E-state index contributed by atoms with van der Waals surface area (Å²) < 4.78 is 12.2. The minimum absolute atomic E-state index is 0.0108. The Hall–Kier alpha value is -2.87. The normalized spacial score (nSPS) is 12.1. The molecule has 0 fully saturated rings. The van der Waals surface area contributed by atoms with Gasteiger partial charge in [0.25, 0.3) is 11.8 Å². The van der Waals surface area contributed by atoms with Crippen LogP contribution in [0.2, 0.25) is 0 Å². The van der Waals surface area contributed by atoms with Gasteiger partial charge in [-0.15, -0.1) is 0 Å². The van der Waals surface area contributed by atoms with Gasteiger partial charge in [0.1, 0.15) is 6.04 Å². The molecule has 0 aliphatic carbocycles. The number of benzene rings is 2. The molecule has 1 unspecified atom stereocenters. The van der Waals surface area contributed by atoms with Crippen molar-refractivity contribution in [2.24, 2.45) is 11.0 Å². The second kappa shape index (κ2) is 12.2. The summed E-state index contributed by atoms with van der Waals surface area (Å²) in [6, 6.07) is 11.7. The summed E-state index contributed by atoms with van der Waals surface area (Å²) in [7, 11) is 0. The number of nitrogens with zero attached hydrogens (tertiary/aromatic N) is 1. The third-order valence-electron chi connectivity index (χ3n) is 4.35. The van der Waals surface area contributed by atoms with Crippen molar-refractivity contribution in [1.29, 1.82) is 0 Å². The number of hydrazone groups is 1. The monoisotopic (exact) mass is 503 g/mol. The van der Waals surface area contributed by atoms with Crippen LogP contribution in [0.5, 0.6) is 11.5 Å². The third-order valence-corrected chi connectivity index (χ3v) is 4.93. The lowest BCUT2D eigenvalue weighted by atomic mass is 10.0. The summed E-state index contributed by atoms with van der Waals surface area (Å²) >= 11 is 3.51. The van der Waals surface area contributed by atoms with Gasteiger partial charge in [-0.3, -0.25) is 9.59 Å². The number of nitrogens with one attached hydrogen (secondary N) is 2. The molecule has 7 nitrogen and oxygen atoms in total. The lowest BCUT2D eigenvalue weighted by Gasteiger charge is -2.20. The Morgan fingerprint density at radius 2 is 1.81 bits per heavy atom. The van der Waals surface area contributed by atoms with Gasteiger partial charge in [-0.05, 0) is 72.4 Å². The first-order chi connectivity index (χ1) is 15.2. The summed E-state index contributed by atoms with van der Waals surface area (Å²) in [4.78, 5) is 25.1. The molecule has 32 heavy (non-hydrogen) atoms. The molecule has 0 radical (unpaired) electrons. The van der Waals surface area contributed by atoms with Crippen molar-refractivity contribution in [3.05, 3.63) is 58.1 Å². The standard InChI is InChI=1S/C24H30BrN3O4/c1-6-31-20-13-17(12-19(25)22(20)32-16(4)5)14-26-28-24(30)21(15(2)3)27-23(29)18-10-8-7-9-11-18/h7-16,21H,6H2,1-5H3,(H,27,29)(H,28,30)/b26-14+. The van der Waals surface area contributed by atoms with E-state index < -0.39 is 11.9 Å². The largest absolute Gasteiger partial charge is 0.490 e. The highest BCUT2D eigenvalue weighted by Gasteiger charge is 2.24. The van der Waals surface area contributed by atoms with Crippen molar-refractivity contribution in [2.45, 2.75) is 46.8 Å². The van der Waals surface area contributed by atoms with E-state index in [4.69, 9.17) is 9.47 Å². The van der Waals surface area contributed by atoms with Crippen LogP contribution in [0.1, 0.15) is 50.5 Å². The van der Waals surface area contributed by atoms with E-state index in [0.717, 1.165) is 4.47 Å². The van der Waals surface area contributed by atoms with Crippen LogP contribution in [0, 0.1) is 5.92 Å². The molecule has 2 aromatic rings. The highest BCUT2D eigenvalue weighted by Crippen LogP contribution is 2.37. The number of hydrogen-bond donors (Lipinski definition) is 2. The molecule has 0 saturated carbocycles. The summed E-state index contributed by atoms with van der Waals surface area (Å²) in [5, 5.41) is 6.84. The quantitative estimate of drug-likeness (QED) is 0.367. The van der Waals surface area contributed by atoms with Crippen molar-refractivity contribution in [3.8, 4) is 11.5 Å². The maximum atomic E-state index is 12.7. The molecule has 2 aromatic carbocycles. The summed E-state index contributed by atoms with van der Waals surface area (Å²) in [6.07, 6.45) is 1.50. The molecule has 0 aromatic heterocycles. The van der Waals surface area contributed by atoms with Gasteiger partial charge in [0, 0.05) is 5.56 Å². The zero-order chi connectivity index (χ0) is 23.7. The molecule has 172 valence electrons. The van der Waals surface area contributed by atoms with E-state index in [-0.39, 0.29) is 17.9 Å². The van der Waals surface area contributed by atoms with Gasteiger partial charge < -0.3 is 14.8 Å². The van der Waals surface area contributed by atoms with Gasteiger partial charge in [0.15, 0.2) is 11.5 Å². The summed E-state index contributed by atoms with van der Waals surface area (Å²) in [5.41, 5.74) is 3.72. The van der Waals surface area contributed by atoms with E-state index in [0.29, 0.717) is 29.2 Å². The first-order valence-corrected chi connectivity index (χ1v) is 11.3. The van der Waals surface area contributed by atoms with Crippen LogP contribution >= 0.6 is 15.9 Å². The van der Waals surface area contributed by atoms with Crippen molar-refractivity contribution >= 4 is 34.0 Å². The molecule has 2 amide bonds. The second-order valence-corrected chi connectivity index (χ2v) is 8.58. The van der Waals surface area contributed by atoms with Gasteiger partial charge in [-0.1, -0.05) is 32.0 Å². The van der Waals surface area contributed by atoms with Gasteiger partial charge in [-0.25, -0.2) is 5.43 Å². The highest BCUT2D eigenvalue weighted by molar-refractivity contribution is 9.10. The molecule has 8 heteroatoms. The van der Waals surface area contributed by atoms with Crippen LogP contribution in [-0.2, 0) is 4.79 Å². The molecule has 2 N–H and O–H groups in total. The minimum atomic E-state index is -0.729. The predicted octanol–water partition coefficient (Wildman–Crippen LogP) is 4.54. The number of rotatable bonds is 10. The van der Waals surface area contributed by atoms with E-state index in [1.165, 1.54) is 6.21 Å². The van der Waals surface area contributed by atoms with Crippen LogP contribution in [0.3, 0.4) is 0 Å². The lowest BCUT2D eigenvalue weighted by molar-refractivity contribution is -0.123. The molecule has 0 spiro atoms. The van der Waals surface area contributed by atoms with Crippen molar-refractivity contribution in [1.82, 2.24) is 10.7 Å². The molecule has 2 rings (SSSR count). The van der Waals surface area contributed by atoms with E-state index >= 15 is 0 Å². The van der Waals surface area contributed by atoms with Crippen LogP contribution in [0.25, 0.3) is 0 Å². The first kappa shape index (κ1) is 25.4. The molecule has 0 bridgehead atoms. The predicted molar refractivity (Wildman–Crippen MR) is 129 cm³/mol. The van der Waals surface area contributed by atoms with E-state index in [1.807, 2.05) is 46.8 Å². The van der Waals surface area contributed by atoms with Gasteiger partial charge in [0.2, 0.25) is 0 Å². The molecule has 0 aliphatic heterocycles. The van der Waals surface area contributed by atoms with Crippen LogP contribution in [-0.4, -0.2) is 36.8 Å². The van der Waals surface area contributed by atoms with Gasteiger partial charge in [0.05, 0.1) is 23.4 Å². The Labute approximate surface area is 197 Å². The first-order valence-electron chi connectivity index (χ1n) is 10.5. The second-order valence-electron chi connectivity index (χ2n) is 7.73. The van der Waals surface area contributed by atoms with Crippen LogP contribution in [0.4, 0.5) is 0 Å². The number of ether oxygens (including phenoxy) is 2. The Morgan fingerprint density at radius 3 is 2.41 bits per heavy atom. The number of carbonyl (C=O) groups is 2. The van der Waals surface area contributed by atoms with Crippen molar-refractivity contribution in [2.75, 3.05) is 6.61 Å². The third kappa shape index (κ3) is 7.37. The van der Waals surface area contributed by atoms with Crippen molar-refractivity contribution in [3.63, 3.8) is 0 Å². The molecular formula is C24H30BrN3O4. The fourth-order valence-corrected chi connectivity index (χ4v) is 3.42.